The number of nitrogens with zero attached hydrogens (tertiary/aromatic N) is 3. The molecule has 6 nitrogen and oxygen atoms in total. The van der Waals surface area contributed by atoms with Crippen molar-refractivity contribution >= 4 is 51.8 Å². The summed E-state index contributed by atoms with van der Waals surface area (Å²) in [5, 5.41) is 7.35. The van der Waals surface area contributed by atoms with Crippen LogP contribution in [0.15, 0.2) is 32.9 Å². The van der Waals surface area contributed by atoms with Gasteiger partial charge in [-0.1, -0.05) is 33.6 Å². The molecule has 1 fully saturated rings. The standard InChI is InChI=1S/C16H16BrClF2N4O2/c1-21-24(3)14(18)12(17)8-7-23(2)16(26)11(8)15(25)22-10-6-4-5-9(19)13(10)20/h4-6,8,11H,1,7H2,2-3H3,(H,22,25)/b14-12-/t8-,11-/m0/s1. The Morgan fingerprint density at radius 3 is 2.77 bits per heavy atom. The van der Waals surface area contributed by atoms with Crippen molar-refractivity contribution in [2.24, 2.45) is 16.9 Å². The van der Waals surface area contributed by atoms with Crippen LogP contribution >= 0.6 is 27.5 Å². The molecule has 1 aromatic rings. The first kappa shape index (κ1) is 20.3. The van der Waals surface area contributed by atoms with Crippen molar-refractivity contribution in [2.45, 2.75) is 0 Å². The topological polar surface area (TPSA) is 65.0 Å². The number of anilines is 1. The van der Waals surface area contributed by atoms with Gasteiger partial charge in [0, 0.05) is 37.8 Å². The summed E-state index contributed by atoms with van der Waals surface area (Å²) in [6, 6.07) is 3.40. The SMILES string of the molecule is C=NN(C)/C(Cl)=C(\Br)[C@H]1CN(C)C(=O)[C@@H]1C(=O)Nc1cccc(F)c1F. The van der Waals surface area contributed by atoms with Gasteiger partial charge < -0.3 is 10.2 Å². The van der Waals surface area contributed by atoms with Crippen molar-refractivity contribution in [1.29, 1.82) is 0 Å². The first-order chi connectivity index (χ1) is 12.2. The maximum atomic E-state index is 13.8. The van der Waals surface area contributed by atoms with Gasteiger partial charge in [-0.15, -0.1) is 0 Å². The van der Waals surface area contributed by atoms with Crippen LogP contribution in [0.3, 0.4) is 0 Å². The third kappa shape index (κ3) is 3.88. The molecule has 0 aromatic heterocycles. The number of carbonyl (C=O) groups excluding carboxylic acids is 2. The summed E-state index contributed by atoms with van der Waals surface area (Å²) < 4.78 is 27.5. The van der Waals surface area contributed by atoms with Gasteiger partial charge >= 0.3 is 0 Å². The number of hydrazone groups is 1. The van der Waals surface area contributed by atoms with Crippen molar-refractivity contribution in [2.75, 3.05) is 26.0 Å². The molecule has 0 spiro atoms. The third-order valence-corrected chi connectivity index (χ3v) is 5.67. The quantitative estimate of drug-likeness (QED) is 0.325. The Morgan fingerprint density at radius 1 is 1.50 bits per heavy atom. The van der Waals surface area contributed by atoms with Gasteiger partial charge in [-0.25, -0.2) is 8.78 Å². The highest BCUT2D eigenvalue weighted by molar-refractivity contribution is 9.11. The van der Waals surface area contributed by atoms with Crippen LogP contribution in [-0.4, -0.2) is 49.1 Å². The summed E-state index contributed by atoms with van der Waals surface area (Å²) in [5.41, 5.74) is -0.341. The first-order valence-electron chi connectivity index (χ1n) is 7.44. The van der Waals surface area contributed by atoms with E-state index in [1.54, 1.807) is 7.05 Å². The van der Waals surface area contributed by atoms with Gasteiger partial charge in [-0.05, 0) is 12.1 Å². The van der Waals surface area contributed by atoms with E-state index >= 15 is 0 Å². The van der Waals surface area contributed by atoms with E-state index in [9.17, 15) is 18.4 Å². The van der Waals surface area contributed by atoms with E-state index in [0.717, 1.165) is 6.07 Å². The summed E-state index contributed by atoms with van der Waals surface area (Å²) in [6.07, 6.45) is 0. The van der Waals surface area contributed by atoms with Crippen LogP contribution < -0.4 is 5.32 Å². The predicted octanol–water partition coefficient (Wildman–Crippen LogP) is 2.96. The van der Waals surface area contributed by atoms with Gasteiger partial charge in [0.05, 0.1) is 5.69 Å². The van der Waals surface area contributed by atoms with E-state index in [1.807, 2.05) is 0 Å². The van der Waals surface area contributed by atoms with E-state index in [4.69, 9.17) is 11.6 Å². The molecule has 26 heavy (non-hydrogen) atoms. The molecule has 0 aliphatic carbocycles. The average molecular weight is 450 g/mol. The lowest BCUT2D eigenvalue weighted by Gasteiger charge is -2.20. The molecule has 1 aliphatic rings. The van der Waals surface area contributed by atoms with E-state index in [-0.39, 0.29) is 17.4 Å². The van der Waals surface area contributed by atoms with Crippen LogP contribution in [-0.2, 0) is 9.59 Å². The number of benzene rings is 1. The van der Waals surface area contributed by atoms with Gasteiger partial charge in [0.1, 0.15) is 11.1 Å². The maximum absolute atomic E-state index is 13.8. The summed E-state index contributed by atoms with van der Waals surface area (Å²) >= 11 is 9.50. The Labute approximate surface area is 162 Å². The third-order valence-electron chi connectivity index (χ3n) is 4.03. The van der Waals surface area contributed by atoms with Gasteiger partial charge in [0.15, 0.2) is 11.6 Å². The van der Waals surface area contributed by atoms with Crippen LogP contribution in [0.4, 0.5) is 14.5 Å². The lowest BCUT2D eigenvalue weighted by Crippen LogP contribution is -2.34. The van der Waals surface area contributed by atoms with E-state index < -0.39 is 35.3 Å². The van der Waals surface area contributed by atoms with Crippen LogP contribution in [0.25, 0.3) is 0 Å². The zero-order chi connectivity index (χ0) is 19.6. The molecular weight excluding hydrogens is 434 g/mol. The molecule has 0 saturated carbocycles. The number of hydrogen-bond acceptors (Lipinski definition) is 4. The number of carbonyl (C=O) groups is 2. The fourth-order valence-corrected chi connectivity index (χ4v) is 3.46. The predicted molar refractivity (Wildman–Crippen MR) is 98.7 cm³/mol. The molecule has 0 radical (unpaired) electrons. The van der Waals surface area contributed by atoms with Crippen LogP contribution in [0.2, 0.25) is 0 Å². The monoisotopic (exact) mass is 448 g/mol. The normalized spacial score (nSPS) is 20.7. The zero-order valence-electron chi connectivity index (χ0n) is 14.0. The molecule has 1 saturated heterocycles. The summed E-state index contributed by atoms with van der Waals surface area (Å²) in [7, 11) is 3.09. The second kappa shape index (κ2) is 8.13. The molecule has 1 heterocycles. The van der Waals surface area contributed by atoms with Crippen LogP contribution in [0, 0.1) is 23.5 Å². The summed E-state index contributed by atoms with van der Waals surface area (Å²) in [4.78, 5) is 26.4. The highest BCUT2D eigenvalue weighted by atomic mass is 79.9. The molecule has 0 unspecified atom stereocenters. The Bertz CT molecular complexity index is 790. The van der Waals surface area contributed by atoms with E-state index in [1.165, 1.54) is 29.1 Å². The number of nitrogens with one attached hydrogen (secondary N) is 1. The molecular formula is C16H16BrClF2N4O2. The number of hydrogen-bond donors (Lipinski definition) is 1. The Kier molecular flexibility index (Phi) is 6.35. The number of rotatable bonds is 5. The zero-order valence-corrected chi connectivity index (χ0v) is 16.3. The molecule has 10 heteroatoms. The smallest absolute Gasteiger partial charge is 0.237 e. The molecule has 0 bridgehead atoms. The molecule has 2 atom stereocenters. The van der Waals surface area contributed by atoms with Crippen molar-refractivity contribution in [3.05, 3.63) is 39.5 Å². The van der Waals surface area contributed by atoms with Gasteiger partial charge in [-0.2, -0.15) is 5.10 Å². The number of amides is 2. The molecule has 1 aliphatic heterocycles. The minimum atomic E-state index is -1.19. The Morgan fingerprint density at radius 2 is 2.15 bits per heavy atom. The highest BCUT2D eigenvalue weighted by Crippen LogP contribution is 2.37. The van der Waals surface area contributed by atoms with Crippen molar-refractivity contribution < 1.29 is 18.4 Å². The number of halogens is 4. The lowest BCUT2D eigenvalue weighted by atomic mass is 9.94. The molecule has 140 valence electrons. The lowest BCUT2D eigenvalue weighted by molar-refractivity contribution is -0.135. The molecule has 2 rings (SSSR count). The van der Waals surface area contributed by atoms with Crippen molar-refractivity contribution in [3.8, 4) is 0 Å². The fourth-order valence-electron chi connectivity index (χ4n) is 2.60. The van der Waals surface area contributed by atoms with Gasteiger partial charge in [0.25, 0.3) is 0 Å². The Balaban J connectivity index is 2.34. The largest absolute Gasteiger partial charge is 0.344 e. The summed E-state index contributed by atoms with van der Waals surface area (Å²) in [6.45, 7) is 3.56. The van der Waals surface area contributed by atoms with Gasteiger partial charge in [0.2, 0.25) is 11.8 Å². The van der Waals surface area contributed by atoms with Crippen LogP contribution in [0.1, 0.15) is 0 Å². The molecule has 1 aromatic carbocycles. The fraction of sp³-hybridized carbons (Fsp3) is 0.312. The highest BCUT2D eigenvalue weighted by Gasteiger charge is 2.45. The van der Waals surface area contributed by atoms with E-state index in [0.29, 0.717) is 4.48 Å². The van der Waals surface area contributed by atoms with Crippen molar-refractivity contribution in [3.63, 3.8) is 0 Å². The number of likely N-dealkylation sites (tertiary alicyclic amines) is 1. The minimum absolute atomic E-state index is 0.155. The average Bonchev–Trinajstić information content (AvgIpc) is 2.92. The minimum Gasteiger partial charge on any atom is -0.344 e. The first-order valence-corrected chi connectivity index (χ1v) is 8.61. The van der Waals surface area contributed by atoms with Crippen LogP contribution in [0.5, 0.6) is 0 Å². The second-order valence-corrected chi connectivity index (χ2v) is 6.91. The molecule has 1 N–H and O–H groups in total. The molecule has 2 amide bonds. The van der Waals surface area contributed by atoms with Gasteiger partial charge in [-0.3, -0.25) is 14.6 Å². The second-order valence-electron chi connectivity index (χ2n) is 5.70. The maximum Gasteiger partial charge on any atom is 0.237 e. The summed E-state index contributed by atoms with van der Waals surface area (Å²) in [5.74, 6) is -5.30. The van der Waals surface area contributed by atoms with Crippen molar-refractivity contribution in [1.82, 2.24) is 9.91 Å². The van der Waals surface area contributed by atoms with E-state index in [2.05, 4.69) is 33.1 Å². The Hall–Kier alpha value is -2.00.